The Morgan fingerprint density at radius 1 is 1.53 bits per heavy atom. The first-order chi connectivity index (χ1) is 8.15. The number of nitrogens with zero attached hydrogens (tertiary/aromatic N) is 1. The normalized spacial score (nSPS) is 15.2. The molecule has 17 heavy (non-hydrogen) atoms. The van der Waals surface area contributed by atoms with E-state index >= 15 is 0 Å². The van der Waals surface area contributed by atoms with Gasteiger partial charge in [-0.15, -0.1) is 11.3 Å². The van der Waals surface area contributed by atoms with Crippen LogP contribution in [0.5, 0.6) is 0 Å². The smallest absolute Gasteiger partial charge is 0.264 e. The number of aromatic nitrogens is 2. The average molecular weight is 423 g/mol. The van der Waals surface area contributed by atoms with Crippen LogP contribution in [-0.2, 0) is 0 Å². The van der Waals surface area contributed by atoms with Gasteiger partial charge < -0.3 is 4.98 Å². The Labute approximate surface area is 124 Å². The fourth-order valence-corrected chi connectivity index (χ4v) is 3.72. The third kappa shape index (κ3) is 2.34. The van der Waals surface area contributed by atoms with Gasteiger partial charge in [0.25, 0.3) is 5.56 Å². The monoisotopic (exact) mass is 422 g/mol. The van der Waals surface area contributed by atoms with E-state index in [0.29, 0.717) is 11.7 Å². The lowest BCUT2D eigenvalue weighted by Crippen LogP contribution is -2.15. The van der Waals surface area contributed by atoms with Crippen molar-refractivity contribution in [2.75, 3.05) is 0 Å². The van der Waals surface area contributed by atoms with Crippen molar-refractivity contribution in [3.05, 3.63) is 35.5 Å². The third-order valence-electron chi connectivity index (χ3n) is 2.65. The van der Waals surface area contributed by atoms with Crippen LogP contribution < -0.4 is 5.56 Å². The highest BCUT2D eigenvalue weighted by Crippen LogP contribution is 2.40. The quantitative estimate of drug-likeness (QED) is 0.749. The number of nitrogens with one attached hydrogen (secondary N) is 1. The van der Waals surface area contributed by atoms with Crippen molar-refractivity contribution in [1.29, 1.82) is 0 Å². The molecule has 3 nitrogen and oxygen atoms in total. The van der Waals surface area contributed by atoms with Crippen molar-refractivity contribution in [3.8, 4) is 10.7 Å². The molecule has 0 atom stereocenters. The Morgan fingerprint density at radius 2 is 2.29 bits per heavy atom. The molecule has 1 N–H and O–H groups in total. The van der Waals surface area contributed by atoms with Crippen LogP contribution in [0.3, 0.4) is 0 Å². The Morgan fingerprint density at radius 3 is 2.88 bits per heavy atom. The van der Waals surface area contributed by atoms with Crippen molar-refractivity contribution < 1.29 is 0 Å². The van der Waals surface area contributed by atoms with Crippen LogP contribution in [0.4, 0.5) is 0 Å². The van der Waals surface area contributed by atoms with E-state index in [4.69, 9.17) is 0 Å². The number of thiophene rings is 1. The molecule has 1 saturated carbocycles. The zero-order chi connectivity index (χ0) is 12.0. The van der Waals surface area contributed by atoms with Crippen LogP contribution in [0.15, 0.2) is 20.7 Å². The summed E-state index contributed by atoms with van der Waals surface area (Å²) in [6, 6.07) is 1.98. The van der Waals surface area contributed by atoms with Crippen LogP contribution in [-0.4, -0.2) is 9.97 Å². The molecule has 0 unspecified atom stereocenters. The summed E-state index contributed by atoms with van der Waals surface area (Å²) in [5, 5.41) is 1.99. The van der Waals surface area contributed by atoms with Crippen molar-refractivity contribution in [1.82, 2.24) is 9.97 Å². The summed E-state index contributed by atoms with van der Waals surface area (Å²) in [6.07, 6.45) is 2.31. The lowest BCUT2D eigenvalue weighted by molar-refractivity contribution is 0.960. The molecule has 1 aliphatic rings. The number of aromatic amines is 1. The molecule has 0 aliphatic heterocycles. The second-order valence-electron chi connectivity index (χ2n) is 4.02. The molecule has 2 aromatic rings. The van der Waals surface area contributed by atoms with Gasteiger partial charge >= 0.3 is 0 Å². The number of halogens is 2. The SMILES string of the molecule is O=c1[nH]c(-c2cc(Br)cs2)nc(C2CC2)c1I. The summed E-state index contributed by atoms with van der Waals surface area (Å²) in [4.78, 5) is 20.3. The number of H-pyrrole nitrogens is 1. The van der Waals surface area contributed by atoms with Gasteiger partial charge in [-0.05, 0) is 57.4 Å². The molecule has 0 bridgehead atoms. The van der Waals surface area contributed by atoms with Gasteiger partial charge in [-0.3, -0.25) is 4.79 Å². The molecule has 1 aliphatic carbocycles. The van der Waals surface area contributed by atoms with Gasteiger partial charge in [0.05, 0.1) is 10.6 Å². The van der Waals surface area contributed by atoms with E-state index in [1.54, 1.807) is 11.3 Å². The lowest BCUT2D eigenvalue weighted by Gasteiger charge is -2.03. The summed E-state index contributed by atoms with van der Waals surface area (Å²) < 4.78 is 1.76. The van der Waals surface area contributed by atoms with Crippen molar-refractivity contribution in [2.45, 2.75) is 18.8 Å². The molecule has 88 valence electrons. The lowest BCUT2D eigenvalue weighted by atomic mass is 10.3. The highest BCUT2D eigenvalue weighted by molar-refractivity contribution is 14.1. The van der Waals surface area contributed by atoms with E-state index in [0.717, 1.165) is 31.5 Å². The maximum Gasteiger partial charge on any atom is 0.264 e. The van der Waals surface area contributed by atoms with E-state index in [1.165, 1.54) is 0 Å². The molecule has 0 radical (unpaired) electrons. The van der Waals surface area contributed by atoms with Crippen LogP contribution in [0.2, 0.25) is 0 Å². The van der Waals surface area contributed by atoms with Gasteiger partial charge in [0, 0.05) is 15.8 Å². The molecular formula is C11H8BrIN2OS. The summed E-state index contributed by atoms with van der Waals surface area (Å²) >= 11 is 7.08. The second kappa shape index (κ2) is 4.47. The molecule has 2 heterocycles. The second-order valence-corrected chi connectivity index (χ2v) is 6.92. The Hall–Kier alpha value is -0.210. The number of rotatable bonds is 2. The van der Waals surface area contributed by atoms with Gasteiger partial charge in [-0.2, -0.15) is 0 Å². The molecular weight excluding hydrogens is 415 g/mol. The minimum absolute atomic E-state index is 0.0259. The predicted octanol–water partition coefficient (Wildman–Crippen LogP) is 3.74. The van der Waals surface area contributed by atoms with Gasteiger partial charge in [-0.25, -0.2) is 4.98 Å². The molecule has 0 aromatic carbocycles. The largest absolute Gasteiger partial charge is 0.305 e. The highest BCUT2D eigenvalue weighted by atomic mass is 127. The van der Waals surface area contributed by atoms with Crippen molar-refractivity contribution in [3.63, 3.8) is 0 Å². The minimum Gasteiger partial charge on any atom is -0.305 e. The van der Waals surface area contributed by atoms with Crippen molar-refractivity contribution >= 4 is 49.9 Å². The molecule has 6 heteroatoms. The standard InChI is InChI=1S/C11H8BrIN2OS/c12-6-3-7(17-4-6)10-14-9(5-1-2-5)8(13)11(16)15-10/h3-5H,1-2H2,(H,14,15,16). The Kier molecular flexibility index (Phi) is 3.12. The van der Waals surface area contributed by atoms with Crippen molar-refractivity contribution in [2.24, 2.45) is 0 Å². The molecule has 1 fully saturated rings. The summed E-state index contributed by atoms with van der Waals surface area (Å²) in [5.74, 6) is 1.18. The zero-order valence-electron chi connectivity index (χ0n) is 8.67. The van der Waals surface area contributed by atoms with E-state index < -0.39 is 0 Å². The first-order valence-electron chi connectivity index (χ1n) is 5.19. The summed E-state index contributed by atoms with van der Waals surface area (Å²) in [5.41, 5.74) is 0.941. The third-order valence-corrected chi connectivity index (χ3v) is 5.39. The van der Waals surface area contributed by atoms with E-state index in [1.807, 2.05) is 11.4 Å². The Balaban J connectivity index is 2.14. The first kappa shape index (κ1) is 11.9. The van der Waals surface area contributed by atoms with Crippen LogP contribution in [0, 0.1) is 3.57 Å². The van der Waals surface area contributed by atoms with E-state index in [9.17, 15) is 4.79 Å². The number of hydrogen-bond donors (Lipinski definition) is 1. The van der Waals surface area contributed by atoms with Crippen LogP contribution >= 0.6 is 49.9 Å². The fourth-order valence-electron chi connectivity index (χ4n) is 1.66. The molecule has 2 aromatic heterocycles. The maximum absolute atomic E-state index is 11.9. The maximum atomic E-state index is 11.9. The zero-order valence-corrected chi connectivity index (χ0v) is 13.2. The van der Waals surface area contributed by atoms with Gasteiger partial charge in [-0.1, -0.05) is 0 Å². The average Bonchev–Trinajstić information content (AvgIpc) is 3.05. The topological polar surface area (TPSA) is 45.8 Å². The molecule has 3 rings (SSSR count). The highest BCUT2D eigenvalue weighted by Gasteiger charge is 2.29. The summed E-state index contributed by atoms with van der Waals surface area (Å²) in [6.45, 7) is 0. The molecule has 0 spiro atoms. The van der Waals surface area contributed by atoms with Gasteiger partial charge in [0.15, 0.2) is 5.82 Å². The van der Waals surface area contributed by atoms with Gasteiger partial charge in [0.1, 0.15) is 3.57 Å². The van der Waals surface area contributed by atoms with Crippen LogP contribution in [0.25, 0.3) is 10.7 Å². The Bertz CT molecular complexity index is 633. The first-order valence-corrected chi connectivity index (χ1v) is 7.94. The molecule has 0 saturated heterocycles. The minimum atomic E-state index is -0.0259. The van der Waals surface area contributed by atoms with E-state index in [-0.39, 0.29) is 5.56 Å². The number of hydrogen-bond acceptors (Lipinski definition) is 3. The predicted molar refractivity (Wildman–Crippen MR) is 80.6 cm³/mol. The molecule has 0 amide bonds. The summed E-state index contributed by atoms with van der Waals surface area (Å²) in [7, 11) is 0. The van der Waals surface area contributed by atoms with Gasteiger partial charge in [0.2, 0.25) is 0 Å². The van der Waals surface area contributed by atoms with E-state index in [2.05, 4.69) is 48.5 Å². The fraction of sp³-hybridized carbons (Fsp3) is 0.273. The van der Waals surface area contributed by atoms with Crippen LogP contribution in [0.1, 0.15) is 24.5 Å².